The van der Waals surface area contributed by atoms with Gasteiger partial charge < -0.3 is 14.8 Å². The van der Waals surface area contributed by atoms with E-state index in [1.54, 1.807) is 25.4 Å². The molecule has 1 atom stereocenters. The molecule has 5 nitrogen and oxygen atoms in total. The van der Waals surface area contributed by atoms with Gasteiger partial charge >= 0.3 is 0 Å². The average molecular weight is 344 g/mol. The van der Waals surface area contributed by atoms with E-state index >= 15 is 0 Å². The first kappa shape index (κ1) is 16.6. The van der Waals surface area contributed by atoms with Crippen molar-refractivity contribution in [1.29, 1.82) is 0 Å². The highest BCUT2D eigenvalue weighted by Crippen LogP contribution is 2.22. The van der Waals surface area contributed by atoms with Crippen LogP contribution in [0.4, 0.5) is 0 Å². The van der Waals surface area contributed by atoms with Crippen molar-refractivity contribution in [2.45, 2.75) is 19.1 Å². The Morgan fingerprint density at radius 2 is 2.21 bits per heavy atom. The van der Waals surface area contributed by atoms with Crippen LogP contribution in [0.2, 0.25) is 0 Å². The molecule has 1 aliphatic heterocycles. The number of aromatic nitrogens is 1. The molecule has 1 N–H and O–H groups in total. The molecule has 1 amide bonds. The number of thioether (sulfide) groups is 1. The predicted octanol–water partition coefficient (Wildman–Crippen LogP) is 2.90. The highest BCUT2D eigenvalue weighted by molar-refractivity contribution is 7.99. The van der Waals surface area contributed by atoms with Crippen molar-refractivity contribution >= 4 is 17.7 Å². The number of para-hydroxylation sites is 1. The summed E-state index contributed by atoms with van der Waals surface area (Å²) in [6, 6.07) is 11.1. The average Bonchev–Trinajstić information content (AvgIpc) is 3.13. The van der Waals surface area contributed by atoms with E-state index in [-0.39, 0.29) is 12.0 Å². The molecule has 0 saturated carbocycles. The van der Waals surface area contributed by atoms with Gasteiger partial charge in [-0.1, -0.05) is 18.2 Å². The van der Waals surface area contributed by atoms with Crippen molar-refractivity contribution in [1.82, 2.24) is 10.3 Å². The molecule has 0 spiro atoms. The second-order valence-corrected chi connectivity index (χ2v) is 6.63. The van der Waals surface area contributed by atoms with E-state index in [2.05, 4.69) is 10.3 Å². The summed E-state index contributed by atoms with van der Waals surface area (Å²) in [4.78, 5) is 16.5. The highest BCUT2D eigenvalue weighted by atomic mass is 32.2. The van der Waals surface area contributed by atoms with Gasteiger partial charge in [0, 0.05) is 30.1 Å². The van der Waals surface area contributed by atoms with E-state index in [4.69, 9.17) is 9.47 Å². The Balaban J connectivity index is 1.56. The third-order valence-electron chi connectivity index (χ3n) is 3.81. The summed E-state index contributed by atoms with van der Waals surface area (Å²) < 4.78 is 11.1. The van der Waals surface area contributed by atoms with E-state index in [0.717, 1.165) is 29.2 Å². The van der Waals surface area contributed by atoms with Gasteiger partial charge in [0.15, 0.2) is 0 Å². The molecule has 2 aromatic rings. The van der Waals surface area contributed by atoms with Gasteiger partial charge in [-0.05, 0) is 24.3 Å². The Bertz CT molecular complexity index is 685. The topological polar surface area (TPSA) is 60.5 Å². The monoisotopic (exact) mass is 344 g/mol. The number of nitrogens with one attached hydrogen (secondary N) is 1. The summed E-state index contributed by atoms with van der Waals surface area (Å²) in [5.41, 5.74) is 1.44. The molecule has 24 heavy (non-hydrogen) atoms. The van der Waals surface area contributed by atoms with E-state index in [9.17, 15) is 4.79 Å². The van der Waals surface area contributed by atoms with E-state index in [0.29, 0.717) is 18.0 Å². The summed E-state index contributed by atoms with van der Waals surface area (Å²) in [6.45, 7) is 0.403. The number of ether oxygens (including phenoxy) is 2. The van der Waals surface area contributed by atoms with Crippen LogP contribution in [-0.4, -0.2) is 35.6 Å². The van der Waals surface area contributed by atoms with Gasteiger partial charge in [0.05, 0.1) is 12.7 Å². The van der Waals surface area contributed by atoms with Gasteiger partial charge in [0.25, 0.3) is 5.91 Å². The van der Waals surface area contributed by atoms with Crippen molar-refractivity contribution in [3.05, 3.63) is 53.7 Å². The summed E-state index contributed by atoms with van der Waals surface area (Å²) >= 11 is 1.89. The molecule has 1 fully saturated rings. The Kier molecular flexibility index (Phi) is 5.59. The Morgan fingerprint density at radius 1 is 1.33 bits per heavy atom. The minimum absolute atomic E-state index is 0.170. The fourth-order valence-electron chi connectivity index (χ4n) is 2.49. The third-order valence-corrected chi connectivity index (χ3v) is 4.94. The van der Waals surface area contributed by atoms with Crippen LogP contribution in [0, 0.1) is 0 Å². The number of hydrogen-bond donors (Lipinski definition) is 1. The highest BCUT2D eigenvalue weighted by Gasteiger charge is 2.17. The summed E-state index contributed by atoms with van der Waals surface area (Å²) in [5.74, 6) is 3.30. The zero-order valence-corrected chi connectivity index (χ0v) is 14.3. The maximum absolute atomic E-state index is 12.2. The van der Waals surface area contributed by atoms with Gasteiger partial charge in [0.1, 0.15) is 11.9 Å². The van der Waals surface area contributed by atoms with Gasteiger partial charge in [0.2, 0.25) is 5.88 Å². The Hall–Kier alpha value is -2.21. The van der Waals surface area contributed by atoms with Crippen LogP contribution in [0.25, 0.3) is 0 Å². The fraction of sp³-hybridized carbons (Fsp3) is 0.333. The van der Waals surface area contributed by atoms with Crippen LogP contribution in [0.5, 0.6) is 11.6 Å². The Morgan fingerprint density at radius 3 is 2.92 bits per heavy atom. The van der Waals surface area contributed by atoms with Crippen molar-refractivity contribution in [2.24, 2.45) is 0 Å². The number of rotatable bonds is 6. The number of pyridine rings is 1. The van der Waals surface area contributed by atoms with Gasteiger partial charge in [-0.25, -0.2) is 4.98 Å². The second-order valence-electron chi connectivity index (χ2n) is 5.48. The molecule has 1 unspecified atom stereocenters. The molecule has 3 rings (SSSR count). The van der Waals surface area contributed by atoms with Crippen LogP contribution in [-0.2, 0) is 6.54 Å². The molecule has 126 valence electrons. The van der Waals surface area contributed by atoms with Crippen LogP contribution in [0.1, 0.15) is 22.3 Å². The Labute approximate surface area is 145 Å². The minimum atomic E-state index is -0.170. The van der Waals surface area contributed by atoms with E-state index < -0.39 is 0 Å². The second kappa shape index (κ2) is 8.06. The first-order chi connectivity index (χ1) is 11.8. The fourth-order valence-corrected chi connectivity index (χ4v) is 3.58. The number of methoxy groups -OCH3 is 1. The molecule has 1 saturated heterocycles. The number of benzene rings is 1. The maximum Gasteiger partial charge on any atom is 0.253 e. The number of amides is 1. The molecule has 0 radical (unpaired) electrons. The molecule has 0 aliphatic carbocycles. The first-order valence-electron chi connectivity index (χ1n) is 7.87. The van der Waals surface area contributed by atoms with Gasteiger partial charge in [-0.15, -0.1) is 0 Å². The van der Waals surface area contributed by atoms with E-state index in [1.807, 2.05) is 36.0 Å². The van der Waals surface area contributed by atoms with Crippen LogP contribution in [0.3, 0.4) is 0 Å². The number of nitrogens with zero attached hydrogens (tertiary/aromatic N) is 1. The predicted molar refractivity (Wildman–Crippen MR) is 94.8 cm³/mol. The van der Waals surface area contributed by atoms with Crippen molar-refractivity contribution in [3.63, 3.8) is 0 Å². The smallest absolute Gasteiger partial charge is 0.253 e. The molecule has 1 aliphatic rings. The van der Waals surface area contributed by atoms with Crippen molar-refractivity contribution < 1.29 is 14.3 Å². The standard InChI is InChI=1S/C18H20N2O3S/c1-22-16-5-3-2-4-13(16)10-20-18(21)14-6-7-17(19-11-14)23-15-8-9-24-12-15/h2-7,11,15H,8-10,12H2,1H3,(H,20,21). The third kappa shape index (κ3) is 4.20. The zero-order chi connectivity index (χ0) is 16.8. The molecule has 1 aromatic carbocycles. The quantitative estimate of drug-likeness (QED) is 0.873. The lowest BCUT2D eigenvalue weighted by molar-refractivity contribution is 0.0950. The lowest BCUT2D eigenvalue weighted by Gasteiger charge is -2.12. The lowest BCUT2D eigenvalue weighted by Crippen LogP contribution is -2.23. The van der Waals surface area contributed by atoms with Crippen molar-refractivity contribution in [3.8, 4) is 11.6 Å². The number of hydrogen-bond acceptors (Lipinski definition) is 5. The maximum atomic E-state index is 12.2. The minimum Gasteiger partial charge on any atom is -0.496 e. The molecule has 2 heterocycles. The SMILES string of the molecule is COc1ccccc1CNC(=O)c1ccc(OC2CCSC2)nc1. The lowest BCUT2D eigenvalue weighted by atomic mass is 10.2. The van der Waals surface area contributed by atoms with Crippen LogP contribution < -0.4 is 14.8 Å². The number of carbonyl (C=O) groups excluding carboxylic acids is 1. The summed E-state index contributed by atoms with van der Waals surface area (Å²) in [7, 11) is 1.62. The molecule has 6 heteroatoms. The van der Waals surface area contributed by atoms with Crippen LogP contribution >= 0.6 is 11.8 Å². The van der Waals surface area contributed by atoms with E-state index in [1.165, 1.54) is 0 Å². The first-order valence-corrected chi connectivity index (χ1v) is 9.02. The van der Waals surface area contributed by atoms with Crippen molar-refractivity contribution in [2.75, 3.05) is 18.6 Å². The van der Waals surface area contributed by atoms with Gasteiger partial charge in [-0.3, -0.25) is 4.79 Å². The normalized spacial score (nSPS) is 16.6. The summed E-state index contributed by atoms with van der Waals surface area (Å²) in [6.07, 6.45) is 2.83. The number of carbonyl (C=O) groups is 1. The summed E-state index contributed by atoms with van der Waals surface area (Å²) in [5, 5.41) is 2.88. The molecular weight excluding hydrogens is 324 g/mol. The van der Waals surface area contributed by atoms with Crippen LogP contribution in [0.15, 0.2) is 42.6 Å². The van der Waals surface area contributed by atoms with Gasteiger partial charge in [-0.2, -0.15) is 11.8 Å². The molecule has 0 bridgehead atoms. The zero-order valence-electron chi connectivity index (χ0n) is 13.5. The molecule has 1 aromatic heterocycles. The largest absolute Gasteiger partial charge is 0.496 e. The molecular formula is C18H20N2O3S.